The van der Waals surface area contributed by atoms with Gasteiger partial charge in [-0.2, -0.15) is 4.68 Å². The van der Waals surface area contributed by atoms with Crippen LogP contribution in [0.1, 0.15) is 17.0 Å². The summed E-state index contributed by atoms with van der Waals surface area (Å²) in [6.45, 7) is 4.27. The fourth-order valence-electron chi connectivity index (χ4n) is 2.24. The first-order chi connectivity index (χ1) is 12.0. The van der Waals surface area contributed by atoms with Crippen LogP contribution in [-0.2, 0) is 6.54 Å². The molecule has 128 valence electrons. The zero-order chi connectivity index (χ0) is 17.8. The molecule has 0 aliphatic heterocycles. The van der Waals surface area contributed by atoms with Gasteiger partial charge in [0, 0.05) is 10.7 Å². The summed E-state index contributed by atoms with van der Waals surface area (Å²) in [5.41, 5.74) is 3.84. The molecule has 0 bridgehead atoms. The zero-order valence-corrected chi connectivity index (χ0v) is 14.6. The number of nitrogens with zero attached hydrogens (tertiary/aromatic N) is 4. The van der Waals surface area contributed by atoms with E-state index in [1.54, 1.807) is 28.9 Å². The Morgan fingerprint density at radius 3 is 2.60 bits per heavy atom. The third-order valence-electron chi connectivity index (χ3n) is 3.78. The van der Waals surface area contributed by atoms with E-state index in [0.29, 0.717) is 16.5 Å². The number of aromatic nitrogens is 4. The van der Waals surface area contributed by atoms with Crippen LogP contribution in [-0.4, -0.2) is 26.2 Å². The van der Waals surface area contributed by atoms with E-state index in [9.17, 15) is 4.79 Å². The number of aryl methyl sites for hydroxylation is 2. The Bertz CT molecular complexity index is 890. The first-order valence-corrected chi connectivity index (χ1v) is 8.06. The first kappa shape index (κ1) is 16.9. The monoisotopic (exact) mass is 356 g/mol. The molecule has 0 aliphatic carbocycles. The van der Waals surface area contributed by atoms with Gasteiger partial charge in [0.2, 0.25) is 0 Å². The molecular formula is C17H17ClN6O. The molecule has 0 unspecified atom stereocenters. The lowest BCUT2D eigenvalue weighted by Gasteiger charge is -2.09. The molecular weight excluding hydrogens is 340 g/mol. The van der Waals surface area contributed by atoms with Crippen LogP contribution in [0, 0.1) is 13.8 Å². The number of carbonyl (C=O) groups excluding carboxylic acids is 1. The van der Waals surface area contributed by atoms with Gasteiger partial charge in [-0.05, 0) is 71.8 Å². The van der Waals surface area contributed by atoms with Gasteiger partial charge in [-0.15, -0.1) is 5.10 Å². The fourth-order valence-corrected chi connectivity index (χ4v) is 2.37. The van der Waals surface area contributed by atoms with Crippen LogP contribution >= 0.6 is 11.6 Å². The summed E-state index contributed by atoms with van der Waals surface area (Å²) >= 11 is 5.82. The normalized spacial score (nSPS) is 10.5. The molecule has 7 nitrogen and oxygen atoms in total. The van der Waals surface area contributed by atoms with Crippen molar-refractivity contribution in [3.63, 3.8) is 0 Å². The van der Waals surface area contributed by atoms with E-state index in [2.05, 4.69) is 26.2 Å². The smallest absolute Gasteiger partial charge is 0.319 e. The minimum atomic E-state index is -0.350. The van der Waals surface area contributed by atoms with Crippen LogP contribution in [0.5, 0.6) is 0 Å². The minimum absolute atomic E-state index is 0.194. The molecule has 3 aromatic rings. The molecule has 0 saturated heterocycles. The van der Waals surface area contributed by atoms with Gasteiger partial charge in [0.25, 0.3) is 0 Å². The predicted molar refractivity (Wildman–Crippen MR) is 95.9 cm³/mol. The number of nitrogens with one attached hydrogen (secondary N) is 2. The summed E-state index contributed by atoms with van der Waals surface area (Å²) in [5, 5.41) is 17.7. The lowest BCUT2D eigenvalue weighted by atomic mass is 10.1. The lowest BCUT2D eigenvalue weighted by molar-refractivity contribution is 0.251. The number of rotatable bonds is 4. The molecule has 0 fully saturated rings. The zero-order valence-electron chi connectivity index (χ0n) is 13.8. The van der Waals surface area contributed by atoms with E-state index in [1.165, 1.54) is 5.56 Å². The Labute approximate surface area is 150 Å². The summed E-state index contributed by atoms with van der Waals surface area (Å²) in [6, 6.07) is 12.5. The van der Waals surface area contributed by atoms with Crippen molar-refractivity contribution in [1.29, 1.82) is 0 Å². The SMILES string of the molecule is Cc1ccc(-n2nnnc2CNC(=O)Nc2ccc(Cl)cc2)cc1C. The van der Waals surface area contributed by atoms with Gasteiger partial charge in [-0.25, -0.2) is 4.79 Å². The van der Waals surface area contributed by atoms with E-state index >= 15 is 0 Å². The van der Waals surface area contributed by atoms with E-state index in [1.807, 2.05) is 32.0 Å². The van der Waals surface area contributed by atoms with Crippen LogP contribution < -0.4 is 10.6 Å². The van der Waals surface area contributed by atoms with Crippen LogP contribution in [0.25, 0.3) is 5.69 Å². The van der Waals surface area contributed by atoms with E-state index in [0.717, 1.165) is 11.3 Å². The highest BCUT2D eigenvalue weighted by Gasteiger charge is 2.10. The van der Waals surface area contributed by atoms with Crippen molar-refractivity contribution in [2.45, 2.75) is 20.4 Å². The van der Waals surface area contributed by atoms with Crippen molar-refractivity contribution < 1.29 is 4.79 Å². The highest BCUT2D eigenvalue weighted by atomic mass is 35.5. The average Bonchev–Trinajstić information content (AvgIpc) is 3.06. The van der Waals surface area contributed by atoms with Gasteiger partial charge < -0.3 is 10.6 Å². The first-order valence-electron chi connectivity index (χ1n) is 7.68. The van der Waals surface area contributed by atoms with Gasteiger partial charge in [-0.1, -0.05) is 17.7 Å². The van der Waals surface area contributed by atoms with Crippen LogP contribution in [0.2, 0.25) is 5.02 Å². The third kappa shape index (κ3) is 4.13. The van der Waals surface area contributed by atoms with E-state index in [-0.39, 0.29) is 12.6 Å². The summed E-state index contributed by atoms with van der Waals surface area (Å²) in [6.07, 6.45) is 0. The Balaban J connectivity index is 1.66. The van der Waals surface area contributed by atoms with Crippen molar-refractivity contribution >= 4 is 23.3 Å². The number of anilines is 1. The lowest BCUT2D eigenvalue weighted by Crippen LogP contribution is -2.29. The third-order valence-corrected chi connectivity index (χ3v) is 4.03. The maximum absolute atomic E-state index is 12.0. The molecule has 0 aliphatic rings. The largest absolute Gasteiger partial charge is 0.330 e. The van der Waals surface area contributed by atoms with Crippen molar-refractivity contribution in [3.05, 3.63) is 64.4 Å². The van der Waals surface area contributed by atoms with Crippen LogP contribution in [0.4, 0.5) is 10.5 Å². The number of benzene rings is 2. The molecule has 0 saturated carbocycles. The van der Waals surface area contributed by atoms with Gasteiger partial charge >= 0.3 is 6.03 Å². The van der Waals surface area contributed by atoms with Gasteiger partial charge in [0.1, 0.15) is 0 Å². The number of halogens is 1. The topological polar surface area (TPSA) is 84.7 Å². The van der Waals surface area contributed by atoms with Crippen molar-refractivity contribution in [2.75, 3.05) is 5.32 Å². The van der Waals surface area contributed by atoms with Crippen molar-refractivity contribution in [1.82, 2.24) is 25.5 Å². The maximum atomic E-state index is 12.0. The predicted octanol–water partition coefficient (Wildman–Crippen LogP) is 3.25. The molecule has 2 amide bonds. The highest BCUT2D eigenvalue weighted by molar-refractivity contribution is 6.30. The summed E-state index contributed by atoms with van der Waals surface area (Å²) < 4.78 is 1.61. The molecule has 3 rings (SSSR count). The second-order valence-electron chi connectivity index (χ2n) is 5.59. The van der Waals surface area contributed by atoms with Crippen LogP contribution in [0.3, 0.4) is 0 Å². The Kier molecular flexibility index (Phi) is 4.95. The van der Waals surface area contributed by atoms with Crippen molar-refractivity contribution in [3.8, 4) is 5.69 Å². The molecule has 8 heteroatoms. The summed E-state index contributed by atoms with van der Waals surface area (Å²) in [7, 11) is 0. The number of carbonyl (C=O) groups is 1. The number of urea groups is 1. The molecule has 0 atom stereocenters. The Morgan fingerprint density at radius 2 is 1.88 bits per heavy atom. The second kappa shape index (κ2) is 7.31. The molecule has 0 spiro atoms. The molecule has 25 heavy (non-hydrogen) atoms. The quantitative estimate of drug-likeness (QED) is 0.751. The van der Waals surface area contributed by atoms with E-state index in [4.69, 9.17) is 11.6 Å². The molecule has 0 radical (unpaired) electrons. The number of tetrazole rings is 1. The molecule has 2 aromatic carbocycles. The van der Waals surface area contributed by atoms with Crippen LogP contribution in [0.15, 0.2) is 42.5 Å². The Hall–Kier alpha value is -2.93. The van der Waals surface area contributed by atoms with Crippen molar-refractivity contribution in [2.24, 2.45) is 0 Å². The van der Waals surface area contributed by atoms with Gasteiger partial charge in [0.05, 0.1) is 12.2 Å². The van der Waals surface area contributed by atoms with Gasteiger partial charge in [-0.3, -0.25) is 0 Å². The van der Waals surface area contributed by atoms with Gasteiger partial charge in [0.15, 0.2) is 5.82 Å². The number of hydrogen-bond acceptors (Lipinski definition) is 4. The highest BCUT2D eigenvalue weighted by Crippen LogP contribution is 2.15. The number of amides is 2. The number of hydrogen-bond donors (Lipinski definition) is 2. The maximum Gasteiger partial charge on any atom is 0.319 e. The minimum Gasteiger partial charge on any atom is -0.330 e. The van der Waals surface area contributed by atoms with E-state index < -0.39 is 0 Å². The molecule has 1 heterocycles. The average molecular weight is 357 g/mol. The molecule has 1 aromatic heterocycles. The fraction of sp³-hybridized carbons (Fsp3) is 0.176. The molecule has 2 N–H and O–H groups in total. The standard InChI is InChI=1S/C17H17ClN6O/c1-11-3-8-15(9-12(11)2)24-16(21-22-23-24)10-19-17(25)20-14-6-4-13(18)5-7-14/h3-9H,10H2,1-2H3,(H2,19,20,25). The second-order valence-corrected chi connectivity index (χ2v) is 6.03. The Morgan fingerprint density at radius 1 is 1.12 bits per heavy atom. The summed E-state index contributed by atoms with van der Waals surface area (Å²) in [5.74, 6) is 0.537. The summed E-state index contributed by atoms with van der Waals surface area (Å²) in [4.78, 5) is 12.0.